The van der Waals surface area contributed by atoms with E-state index in [4.69, 9.17) is 9.52 Å². The SMILES string of the molecule is CCN(CC)CCCN(CCC(=O)O)C(=O)c1ccco1. The lowest BCUT2D eigenvalue weighted by atomic mass is 10.3. The molecule has 0 atom stereocenters. The molecule has 0 saturated heterocycles. The molecule has 21 heavy (non-hydrogen) atoms. The highest BCUT2D eigenvalue weighted by Gasteiger charge is 2.18. The molecule has 0 spiro atoms. The first kappa shape index (κ1) is 17.2. The van der Waals surface area contributed by atoms with Crippen molar-refractivity contribution in [2.24, 2.45) is 0 Å². The number of furan rings is 1. The number of hydrogen-bond acceptors (Lipinski definition) is 4. The second-order valence-electron chi connectivity index (χ2n) is 4.79. The number of aliphatic carboxylic acids is 1. The van der Waals surface area contributed by atoms with Crippen LogP contribution in [0.5, 0.6) is 0 Å². The molecule has 0 aliphatic heterocycles. The molecule has 1 N–H and O–H groups in total. The van der Waals surface area contributed by atoms with Gasteiger partial charge in [-0.2, -0.15) is 0 Å². The van der Waals surface area contributed by atoms with Crippen LogP contribution in [0.25, 0.3) is 0 Å². The van der Waals surface area contributed by atoms with E-state index in [9.17, 15) is 9.59 Å². The molecule has 6 heteroatoms. The Morgan fingerprint density at radius 1 is 1.19 bits per heavy atom. The standard InChI is InChI=1S/C15H24N2O4/c1-3-16(4-2)9-6-10-17(11-8-14(18)19)15(20)13-7-5-12-21-13/h5,7,12H,3-4,6,8-11H2,1-2H3,(H,18,19). The number of nitrogens with zero attached hydrogens (tertiary/aromatic N) is 2. The summed E-state index contributed by atoms with van der Waals surface area (Å²) in [7, 11) is 0. The predicted octanol–water partition coefficient (Wildman–Crippen LogP) is 1.93. The normalized spacial score (nSPS) is 10.8. The Hall–Kier alpha value is -1.82. The van der Waals surface area contributed by atoms with E-state index < -0.39 is 5.97 Å². The van der Waals surface area contributed by atoms with Crippen LogP contribution in [0.1, 0.15) is 37.2 Å². The van der Waals surface area contributed by atoms with Gasteiger partial charge in [-0.15, -0.1) is 0 Å². The van der Waals surface area contributed by atoms with Gasteiger partial charge in [0, 0.05) is 13.1 Å². The number of carbonyl (C=O) groups excluding carboxylic acids is 1. The first-order valence-electron chi connectivity index (χ1n) is 7.35. The van der Waals surface area contributed by atoms with Crippen molar-refractivity contribution < 1.29 is 19.1 Å². The van der Waals surface area contributed by atoms with E-state index in [-0.39, 0.29) is 24.6 Å². The minimum absolute atomic E-state index is 0.0578. The maximum Gasteiger partial charge on any atom is 0.305 e. The summed E-state index contributed by atoms with van der Waals surface area (Å²) in [5.41, 5.74) is 0. The minimum atomic E-state index is -0.906. The number of amides is 1. The molecule has 1 heterocycles. The lowest BCUT2D eigenvalue weighted by Gasteiger charge is -2.23. The fourth-order valence-electron chi connectivity index (χ4n) is 2.13. The maximum atomic E-state index is 12.3. The van der Waals surface area contributed by atoms with E-state index >= 15 is 0 Å². The summed E-state index contributed by atoms with van der Waals surface area (Å²) in [6, 6.07) is 3.25. The Balaban J connectivity index is 2.56. The van der Waals surface area contributed by atoms with E-state index in [1.165, 1.54) is 6.26 Å². The van der Waals surface area contributed by atoms with Crippen LogP contribution in [-0.2, 0) is 4.79 Å². The van der Waals surface area contributed by atoms with Gasteiger partial charge >= 0.3 is 5.97 Å². The van der Waals surface area contributed by atoms with Crippen LogP contribution in [0.4, 0.5) is 0 Å². The molecule has 0 aliphatic carbocycles. The number of carboxylic acids is 1. The zero-order valence-electron chi connectivity index (χ0n) is 12.7. The van der Waals surface area contributed by atoms with Crippen LogP contribution in [0.3, 0.4) is 0 Å². The molecule has 1 amide bonds. The monoisotopic (exact) mass is 296 g/mol. The van der Waals surface area contributed by atoms with Gasteiger partial charge in [0.25, 0.3) is 5.91 Å². The first-order chi connectivity index (χ1) is 10.1. The Morgan fingerprint density at radius 3 is 2.43 bits per heavy atom. The van der Waals surface area contributed by atoms with Crippen molar-refractivity contribution in [3.63, 3.8) is 0 Å². The van der Waals surface area contributed by atoms with Gasteiger partial charge < -0.3 is 19.3 Å². The van der Waals surface area contributed by atoms with Crippen molar-refractivity contribution in [3.05, 3.63) is 24.2 Å². The molecule has 0 saturated carbocycles. The molecule has 1 aromatic heterocycles. The van der Waals surface area contributed by atoms with E-state index in [0.29, 0.717) is 6.54 Å². The van der Waals surface area contributed by atoms with Crippen molar-refractivity contribution in [1.29, 1.82) is 0 Å². The minimum Gasteiger partial charge on any atom is -0.481 e. The Bertz CT molecular complexity index is 427. The van der Waals surface area contributed by atoms with Crippen molar-refractivity contribution in [2.75, 3.05) is 32.7 Å². The zero-order chi connectivity index (χ0) is 15.7. The van der Waals surface area contributed by atoms with Crippen molar-refractivity contribution in [2.45, 2.75) is 26.7 Å². The van der Waals surface area contributed by atoms with Crippen LogP contribution in [0.2, 0.25) is 0 Å². The van der Waals surface area contributed by atoms with Crippen LogP contribution in [-0.4, -0.2) is 59.5 Å². The second kappa shape index (κ2) is 9.18. The van der Waals surface area contributed by atoms with Crippen LogP contribution in [0, 0.1) is 0 Å². The van der Waals surface area contributed by atoms with Gasteiger partial charge in [0.1, 0.15) is 0 Å². The highest BCUT2D eigenvalue weighted by Crippen LogP contribution is 2.07. The Kier molecular flexibility index (Phi) is 7.53. The zero-order valence-corrected chi connectivity index (χ0v) is 12.7. The summed E-state index contributed by atoms with van der Waals surface area (Å²) in [4.78, 5) is 26.8. The lowest BCUT2D eigenvalue weighted by molar-refractivity contribution is -0.137. The number of carbonyl (C=O) groups is 2. The van der Waals surface area contributed by atoms with Gasteiger partial charge in [0.2, 0.25) is 0 Å². The third-order valence-electron chi connectivity index (χ3n) is 3.41. The Morgan fingerprint density at radius 2 is 1.90 bits per heavy atom. The third kappa shape index (κ3) is 5.99. The summed E-state index contributed by atoms with van der Waals surface area (Å²) in [5.74, 6) is -0.903. The van der Waals surface area contributed by atoms with Crippen LogP contribution < -0.4 is 0 Å². The molecular formula is C15H24N2O4. The Labute approximate surface area is 125 Å². The third-order valence-corrected chi connectivity index (χ3v) is 3.41. The second-order valence-corrected chi connectivity index (χ2v) is 4.79. The van der Waals surface area contributed by atoms with Gasteiger partial charge in [-0.25, -0.2) is 0 Å². The summed E-state index contributed by atoms with van der Waals surface area (Å²) in [6.45, 7) is 7.76. The molecule has 1 rings (SSSR count). The van der Waals surface area contributed by atoms with Gasteiger partial charge in [-0.05, 0) is 38.2 Å². The summed E-state index contributed by atoms with van der Waals surface area (Å²) < 4.78 is 5.10. The molecule has 6 nitrogen and oxygen atoms in total. The van der Waals surface area contributed by atoms with Crippen LogP contribution >= 0.6 is 0 Å². The van der Waals surface area contributed by atoms with Gasteiger partial charge in [0.05, 0.1) is 12.7 Å². The topological polar surface area (TPSA) is 74.0 Å². The van der Waals surface area contributed by atoms with E-state index in [1.54, 1.807) is 17.0 Å². The molecule has 0 unspecified atom stereocenters. The quantitative estimate of drug-likeness (QED) is 0.714. The highest BCUT2D eigenvalue weighted by molar-refractivity contribution is 5.91. The molecule has 0 aromatic carbocycles. The fourth-order valence-corrected chi connectivity index (χ4v) is 2.13. The van der Waals surface area contributed by atoms with Crippen molar-refractivity contribution in [1.82, 2.24) is 9.80 Å². The van der Waals surface area contributed by atoms with Gasteiger partial charge in [-0.3, -0.25) is 9.59 Å². The largest absolute Gasteiger partial charge is 0.481 e. The highest BCUT2D eigenvalue weighted by atomic mass is 16.4. The molecule has 1 aromatic rings. The van der Waals surface area contributed by atoms with E-state index in [0.717, 1.165) is 26.1 Å². The van der Waals surface area contributed by atoms with Crippen molar-refractivity contribution in [3.8, 4) is 0 Å². The van der Waals surface area contributed by atoms with Crippen molar-refractivity contribution >= 4 is 11.9 Å². The number of carboxylic acid groups (broad SMARTS) is 1. The first-order valence-corrected chi connectivity index (χ1v) is 7.35. The summed E-state index contributed by atoms with van der Waals surface area (Å²) >= 11 is 0. The molecule has 0 bridgehead atoms. The fraction of sp³-hybridized carbons (Fsp3) is 0.600. The summed E-state index contributed by atoms with van der Waals surface area (Å²) in [6.07, 6.45) is 2.20. The van der Waals surface area contributed by atoms with Crippen LogP contribution in [0.15, 0.2) is 22.8 Å². The molecule has 0 fully saturated rings. The lowest BCUT2D eigenvalue weighted by Crippen LogP contribution is -2.35. The number of hydrogen-bond donors (Lipinski definition) is 1. The summed E-state index contributed by atoms with van der Waals surface area (Å²) in [5, 5.41) is 8.79. The average molecular weight is 296 g/mol. The van der Waals surface area contributed by atoms with E-state index in [2.05, 4.69) is 18.7 Å². The maximum absolute atomic E-state index is 12.3. The number of rotatable bonds is 10. The predicted molar refractivity (Wildman–Crippen MR) is 79.3 cm³/mol. The molecule has 118 valence electrons. The van der Waals surface area contributed by atoms with E-state index in [1.807, 2.05) is 0 Å². The van der Waals surface area contributed by atoms with Gasteiger partial charge in [0.15, 0.2) is 5.76 Å². The molecule has 0 radical (unpaired) electrons. The molecular weight excluding hydrogens is 272 g/mol. The van der Waals surface area contributed by atoms with Gasteiger partial charge in [-0.1, -0.05) is 13.8 Å². The molecule has 0 aliphatic rings. The average Bonchev–Trinajstić information content (AvgIpc) is 3.00. The smallest absolute Gasteiger partial charge is 0.305 e.